The van der Waals surface area contributed by atoms with E-state index in [1.54, 1.807) is 0 Å². The normalized spacial score (nSPS) is 41.0. The zero-order valence-corrected chi connectivity index (χ0v) is 17.2. The molecule has 4 aliphatic carbocycles. The number of likely N-dealkylation sites (tertiary alicyclic amines) is 1. The monoisotopic (exact) mass is 415 g/mol. The van der Waals surface area contributed by atoms with Gasteiger partial charge < -0.3 is 4.90 Å². The predicted molar refractivity (Wildman–Crippen MR) is 108 cm³/mol. The minimum atomic E-state index is 0.296. The van der Waals surface area contributed by atoms with Gasteiger partial charge in [-0.25, -0.2) is 0 Å². The quantitative estimate of drug-likeness (QED) is 0.607. The number of rotatable bonds is 4. The predicted octanol–water partition coefficient (Wildman–Crippen LogP) is 5.34. The largest absolute Gasteiger partial charge is 0.339 e. The molecule has 3 heteroatoms. The minimum Gasteiger partial charge on any atom is -0.339 e. The topological polar surface area (TPSA) is 20.3 Å². The lowest BCUT2D eigenvalue weighted by atomic mass is 9.48. The average Bonchev–Trinajstić information content (AvgIpc) is 3.01. The van der Waals surface area contributed by atoms with E-state index in [0.717, 1.165) is 31.2 Å². The van der Waals surface area contributed by atoms with Gasteiger partial charge in [0.1, 0.15) is 0 Å². The van der Waals surface area contributed by atoms with E-state index in [0.29, 0.717) is 21.7 Å². The highest BCUT2D eigenvalue weighted by Crippen LogP contribution is 2.65. The molecule has 0 N–H and O–H groups in total. The third-order valence-corrected chi connectivity index (χ3v) is 8.58. The molecule has 0 aromatic heterocycles. The maximum Gasteiger partial charge on any atom is 0.223 e. The molecule has 1 aliphatic heterocycles. The number of benzene rings is 1. The van der Waals surface area contributed by atoms with Gasteiger partial charge in [-0.05, 0) is 80.6 Å². The zero-order chi connectivity index (χ0) is 17.8. The van der Waals surface area contributed by atoms with Crippen molar-refractivity contribution in [3.63, 3.8) is 0 Å². The van der Waals surface area contributed by atoms with Crippen LogP contribution >= 0.6 is 15.9 Å². The molecule has 6 rings (SSSR count). The summed E-state index contributed by atoms with van der Waals surface area (Å²) in [4.78, 5) is 15.6. The van der Waals surface area contributed by atoms with E-state index in [1.165, 1.54) is 56.9 Å². The fourth-order valence-corrected chi connectivity index (χ4v) is 8.74. The number of nitrogens with zero attached hydrogens (tertiary/aromatic N) is 1. The van der Waals surface area contributed by atoms with Crippen LogP contribution in [0.5, 0.6) is 0 Å². The van der Waals surface area contributed by atoms with Gasteiger partial charge in [0, 0.05) is 23.3 Å². The van der Waals surface area contributed by atoms with Gasteiger partial charge in [0.05, 0.1) is 0 Å². The van der Waals surface area contributed by atoms with E-state index < -0.39 is 0 Å². The molecule has 26 heavy (non-hydrogen) atoms. The van der Waals surface area contributed by atoms with Gasteiger partial charge in [0.15, 0.2) is 0 Å². The standard InChI is InChI=1S/C23H30BrNO/c24-23-13-18-9-19(14-23)12-22(11-18,16-23)15-21(26)25-8-4-7-20(25)10-17-5-2-1-3-6-17/h1-3,5-6,18-20H,4,7-16H2. The van der Waals surface area contributed by atoms with E-state index in [2.05, 4.69) is 51.2 Å². The first-order valence-electron chi connectivity index (χ1n) is 10.5. The molecule has 0 spiro atoms. The van der Waals surface area contributed by atoms with Crippen molar-refractivity contribution in [3.05, 3.63) is 35.9 Å². The highest BCUT2D eigenvalue weighted by molar-refractivity contribution is 9.10. The molecule has 1 aromatic rings. The summed E-state index contributed by atoms with van der Waals surface area (Å²) in [6.07, 6.45) is 12.1. The summed E-state index contributed by atoms with van der Waals surface area (Å²) in [5.74, 6) is 2.17. The van der Waals surface area contributed by atoms with Gasteiger partial charge in [-0.15, -0.1) is 0 Å². The summed E-state index contributed by atoms with van der Waals surface area (Å²) < 4.78 is 0.353. The van der Waals surface area contributed by atoms with Gasteiger partial charge in [-0.1, -0.05) is 46.3 Å². The summed E-state index contributed by atoms with van der Waals surface area (Å²) in [5.41, 5.74) is 1.66. The Balaban J connectivity index is 1.29. The summed E-state index contributed by atoms with van der Waals surface area (Å²) >= 11 is 4.10. The number of amides is 1. The van der Waals surface area contributed by atoms with E-state index >= 15 is 0 Å². The lowest BCUT2D eigenvalue weighted by Crippen LogP contribution is -2.54. The van der Waals surface area contributed by atoms with Crippen LogP contribution in [0.15, 0.2) is 30.3 Å². The second-order valence-corrected chi connectivity index (χ2v) is 11.5. The van der Waals surface area contributed by atoms with Crippen molar-refractivity contribution >= 4 is 21.8 Å². The molecule has 0 radical (unpaired) electrons. The summed E-state index contributed by atoms with van der Waals surface area (Å²) in [7, 11) is 0. The molecular weight excluding hydrogens is 386 g/mol. The van der Waals surface area contributed by atoms with Crippen LogP contribution in [0.3, 0.4) is 0 Å². The van der Waals surface area contributed by atoms with Crippen LogP contribution in [0.2, 0.25) is 0 Å². The fraction of sp³-hybridized carbons (Fsp3) is 0.696. The Labute approximate surface area is 165 Å². The van der Waals surface area contributed by atoms with Crippen LogP contribution < -0.4 is 0 Å². The Morgan fingerprint density at radius 2 is 1.85 bits per heavy atom. The smallest absolute Gasteiger partial charge is 0.223 e. The Kier molecular flexibility index (Phi) is 4.23. The zero-order valence-electron chi connectivity index (χ0n) is 15.6. The first-order valence-corrected chi connectivity index (χ1v) is 11.3. The fourth-order valence-electron chi connectivity index (χ4n) is 7.23. The average molecular weight is 416 g/mol. The molecule has 1 heterocycles. The third-order valence-electron chi connectivity index (χ3n) is 7.65. The molecule has 2 nitrogen and oxygen atoms in total. The molecule has 1 saturated heterocycles. The van der Waals surface area contributed by atoms with Gasteiger partial charge >= 0.3 is 0 Å². The molecule has 140 valence electrons. The maximum absolute atomic E-state index is 13.3. The van der Waals surface area contributed by atoms with Gasteiger partial charge in [0.2, 0.25) is 5.91 Å². The molecule has 3 unspecified atom stereocenters. The molecule has 5 fully saturated rings. The molecule has 3 atom stereocenters. The van der Waals surface area contributed by atoms with Crippen molar-refractivity contribution in [2.75, 3.05) is 6.54 Å². The van der Waals surface area contributed by atoms with Gasteiger partial charge in [-0.2, -0.15) is 0 Å². The minimum absolute atomic E-state index is 0.296. The van der Waals surface area contributed by atoms with Crippen molar-refractivity contribution in [2.24, 2.45) is 17.3 Å². The van der Waals surface area contributed by atoms with Crippen LogP contribution in [-0.4, -0.2) is 27.7 Å². The molecule has 4 bridgehead atoms. The van der Waals surface area contributed by atoms with E-state index in [4.69, 9.17) is 0 Å². The molecule has 1 aromatic carbocycles. The number of alkyl halides is 1. The number of carbonyl (C=O) groups excluding carboxylic acids is 1. The van der Waals surface area contributed by atoms with Crippen molar-refractivity contribution in [1.82, 2.24) is 4.90 Å². The maximum atomic E-state index is 13.3. The highest BCUT2D eigenvalue weighted by atomic mass is 79.9. The van der Waals surface area contributed by atoms with Crippen molar-refractivity contribution in [1.29, 1.82) is 0 Å². The second-order valence-electron chi connectivity index (χ2n) is 9.86. The van der Waals surface area contributed by atoms with Crippen molar-refractivity contribution in [3.8, 4) is 0 Å². The molecular formula is C23H30BrNO. The molecule has 1 amide bonds. The highest BCUT2D eigenvalue weighted by Gasteiger charge is 2.57. The number of halogens is 1. The first kappa shape index (κ1) is 17.3. The Morgan fingerprint density at radius 1 is 1.12 bits per heavy atom. The molecule has 4 saturated carbocycles. The Hall–Kier alpha value is -0.830. The SMILES string of the molecule is O=C(CC12CC3CC(CC(Br)(C3)C1)C2)N1CCCC1Cc1ccccc1. The van der Waals surface area contributed by atoms with E-state index in [9.17, 15) is 4.79 Å². The van der Waals surface area contributed by atoms with Crippen LogP contribution in [0.25, 0.3) is 0 Å². The number of hydrogen-bond donors (Lipinski definition) is 0. The van der Waals surface area contributed by atoms with Crippen molar-refractivity contribution < 1.29 is 4.79 Å². The van der Waals surface area contributed by atoms with E-state index in [-0.39, 0.29) is 0 Å². The summed E-state index contributed by atoms with van der Waals surface area (Å²) in [5, 5.41) is 0. The van der Waals surface area contributed by atoms with Crippen LogP contribution in [0.4, 0.5) is 0 Å². The number of carbonyl (C=O) groups is 1. The Bertz CT molecular complexity index is 673. The summed E-state index contributed by atoms with van der Waals surface area (Å²) in [6, 6.07) is 11.1. The summed E-state index contributed by atoms with van der Waals surface area (Å²) in [6.45, 7) is 0.971. The van der Waals surface area contributed by atoms with Gasteiger partial charge in [-0.3, -0.25) is 4.79 Å². The number of hydrogen-bond acceptors (Lipinski definition) is 1. The lowest BCUT2D eigenvalue weighted by Gasteiger charge is -2.60. The van der Waals surface area contributed by atoms with Crippen molar-refractivity contribution in [2.45, 2.75) is 74.6 Å². The second kappa shape index (κ2) is 6.36. The van der Waals surface area contributed by atoms with Gasteiger partial charge in [0.25, 0.3) is 0 Å². The van der Waals surface area contributed by atoms with Crippen LogP contribution in [0.1, 0.15) is 63.4 Å². The first-order chi connectivity index (χ1) is 12.5. The Morgan fingerprint density at radius 3 is 2.54 bits per heavy atom. The third kappa shape index (κ3) is 3.15. The van der Waals surface area contributed by atoms with Crippen LogP contribution in [0, 0.1) is 17.3 Å². The molecule has 5 aliphatic rings. The lowest BCUT2D eigenvalue weighted by molar-refractivity contribution is -0.139. The van der Waals surface area contributed by atoms with E-state index in [1.807, 2.05) is 0 Å². The van der Waals surface area contributed by atoms with Crippen LogP contribution in [-0.2, 0) is 11.2 Å².